The molecule has 0 bridgehead atoms. The molecule has 2 heteroatoms. The molecule has 100 valence electrons. The van der Waals surface area contributed by atoms with Crippen molar-refractivity contribution >= 4 is 21.6 Å². The van der Waals surface area contributed by atoms with Gasteiger partial charge in [-0.1, -0.05) is 54.0 Å². The van der Waals surface area contributed by atoms with Crippen LogP contribution in [0.2, 0.25) is 0 Å². The highest BCUT2D eigenvalue weighted by atomic mass is 79.9. The van der Waals surface area contributed by atoms with Gasteiger partial charge in [-0.15, -0.1) is 0 Å². The minimum Gasteiger partial charge on any atom is -0.381 e. The zero-order valence-corrected chi connectivity index (χ0v) is 13.3. The van der Waals surface area contributed by atoms with Crippen LogP contribution < -0.4 is 5.32 Å². The quantitative estimate of drug-likeness (QED) is 0.785. The molecule has 0 spiro atoms. The van der Waals surface area contributed by atoms with Crippen molar-refractivity contribution in [1.82, 2.24) is 0 Å². The second-order valence-corrected chi connectivity index (χ2v) is 6.07. The number of hydrogen-bond donors (Lipinski definition) is 1. The van der Waals surface area contributed by atoms with Crippen LogP contribution in [0.15, 0.2) is 46.9 Å². The topological polar surface area (TPSA) is 12.0 Å². The van der Waals surface area contributed by atoms with Crippen molar-refractivity contribution in [3.05, 3.63) is 63.6 Å². The highest BCUT2D eigenvalue weighted by molar-refractivity contribution is 9.10. The third kappa shape index (κ3) is 3.84. The largest absolute Gasteiger partial charge is 0.381 e. The van der Waals surface area contributed by atoms with Gasteiger partial charge in [0.1, 0.15) is 0 Å². The number of anilines is 1. The number of benzene rings is 2. The molecule has 2 rings (SSSR count). The van der Waals surface area contributed by atoms with Crippen LogP contribution in [0.4, 0.5) is 5.69 Å². The molecule has 0 saturated heterocycles. The summed E-state index contributed by atoms with van der Waals surface area (Å²) in [6.07, 6.45) is 0. The van der Waals surface area contributed by atoms with Crippen molar-refractivity contribution in [2.24, 2.45) is 0 Å². The van der Waals surface area contributed by atoms with Gasteiger partial charge < -0.3 is 5.32 Å². The number of rotatable bonds is 4. The van der Waals surface area contributed by atoms with Gasteiger partial charge in [0.15, 0.2) is 0 Å². The first-order valence-electron chi connectivity index (χ1n) is 6.65. The van der Waals surface area contributed by atoms with Crippen LogP contribution in [-0.4, -0.2) is 0 Å². The van der Waals surface area contributed by atoms with Crippen molar-refractivity contribution in [3.63, 3.8) is 0 Å². The molecule has 2 aromatic rings. The van der Waals surface area contributed by atoms with Crippen molar-refractivity contribution in [2.75, 3.05) is 5.32 Å². The summed E-state index contributed by atoms with van der Waals surface area (Å²) in [5.74, 6) is 0.565. The van der Waals surface area contributed by atoms with Gasteiger partial charge >= 0.3 is 0 Å². The molecule has 0 aromatic heterocycles. The molecule has 0 amide bonds. The summed E-state index contributed by atoms with van der Waals surface area (Å²) in [5, 5.41) is 3.48. The first-order chi connectivity index (χ1) is 9.06. The first-order valence-corrected chi connectivity index (χ1v) is 7.44. The average Bonchev–Trinajstić information content (AvgIpc) is 2.40. The molecule has 0 aliphatic carbocycles. The van der Waals surface area contributed by atoms with E-state index in [1.165, 1.54) is 26.9 Å². The van der Waals surface area contributed by atoms with Crippen molar-refractivity contribution in [3.8, 4) is 0 Å². The molecule has 0 saturated carbocycles. The van der Waals surface area contributed by atoms with Crippen LogP contribution in [0.25, 0.3) is 0 Å². The fourth-order valence-corrected chi connectivity index (χ4v) is 2.38. The zero-order valence-electron chi connectivity index (χ0n) is 11.7. The van der Waals surface area contributed by atoms with E-state index in [1.807, 2.05) is 0 Å². The van der Waals surface area contributed by atoms with Gasteiger partial charge in [0.25, 0.3) is 0 Å². The fraction of sp³-hybridized carbons (Fsp3) is 0.294. The minimum absolute atomic E-state index is 0.565. The van der Waals surface area contributed by atoms with Crippen LogP contribution in [0.1, 0.15) is 36.5 Å². The molecule has 0 atom stereocenters. The van der Waals surface area contributed by atoms with E-state index in [0.717, 1.165) is 6.54 Å². The summed E-state index contributed by atoms with van der Waals surface area (Å²) in [6.45, 7) is 7.39. The maximum Gasteiger partial charge on any atom is 0.0401 e. The third-order valence-electron chi connectivity index (χ3n) is 3.29. The normalized spacial score (nSPS) is 10.8. The van der Waals surface area contributed by atoms with Crippen LogP contribution in [0.3, 0.4) is 0 Å². The summed E-state index contributed by atoms with van der Waals surface area (Å²) < 4.78 is 1.17. The fourth-order valence-electron chi connectivity index (χ4n) is 1.96. The molecule has 1 N–H and O–H groups in total. The van der Waals surface area contributed by atoms with E-state index < -0.39 is 0 Å². The Bertz CT molecular complexity index is 561. The van der Waals surface area contributed by atoms with E-state index in [-0.39, 0.29) is 0 Å². The molecule has 0 aliphatic rings. The second kappa shape index (κ2) is 6.25. The molecule has 0 fully saturated rings. The van der Waals surface area contributed by atoms with E-state index in [1.54, 1.807) is 0 Å². The first kappa shape index (κ1) is 14.1. The number of nitrogens with one attached hydrogen (secondary N) is 1. The Hall–Kier alpha value is -1.28. The predicted molar refractivity (Wildman–Crippen MR) is 86.7 cm³/mol. The minimum atomic E-state index is 0.565. The standard InChI is InChI=1S/C17H20BrN/c1-12(2)15-5-4-6-16(10-15)19-11-14-8-7-13(3)17(18)9-14/h4-10,12,19H,11H2,1-3H3. The van der Waals surface area contributed by atoms with Gasteiger partial charge in [-0.2, -0.15) is 0 Å². The van der Waals surface area contributed by atoms with Gasteiger partial charge in [0.05, 0.1) is 0 Å². The molecular weight excluding hydrogens is 298 g/mol. The summed E-state index contributed by atoms with van der Waals surface area (Å²) in [6, 6.07) is 15.1. The lowest BCUT2D eigenvalue weighted by atomic mass is 10.0. The maximum atomic E-state index is 3.58. The van der Waals surface area contributed by atoms with Crippen molar-refractivity contribution in [1.29, 1.82) is 0 Å². The SMILES string of the molecule is Cc1ccc(CNc2cccc(C(C)C)c2)cc1Br. The average molecular weight is 318 g/mol. The smallest absolute Gasteiger partial charge is 0.0401 e. The summed E-state index contributed by atoms with van der Waals surface area (Å²) in [7, 11) is 0. The van der Waals surface area contributed by atoms with Crippen LogP contribution in [-0.2, 0) is 6.54 Å². The molecule has 0 heterocycles. The van der Waals surface area contributed by atoms with Gasteiger partial charge in [0, 0.05) is 16.7 Å². The van der Waals surface area contributed by atoms with Gasteiger partial charge in [-0.25, -0.2) is 0 Å². The van der Waals surface area contributed by atoms with Gasteiger partial charge in [-0.3, -0.25) is 0 Å². The lowest BCUT2D eigenvalue weighted by Crippen LogP contribution is -2.00. The monoisotopic (exact) mass is 317 g/mol. The zero-order chi connectivity index (χ0) is 13.8. The summed E-state index contributed by atoms with van der Waals surface area (Å²) in [5.41, 5.74) is 5.11. The Morgan fingerprint density at radius 2 is 1.89 bits per heavy atom. The molecule has 1 nitrogen and oxygen atoms in total. The molecule has 0 radical (unpaired) electrons. The van der Waals surface area contributed by atoms with Crippen LogP contribution in [0, 0.1) is 6.92 Å². The van der Waals surface area contributed by atoms with E-state index >= 15 is 0 Å². The maximum absolute atomic E-state index is 3.58. The lowest BCUT2D eigenvalue weighted by Gasteiger charge is -2.11. The lowest BCUT2D eigenvalue weighted by molar-refractivity contribution is 0.866. The van der Waals surface area contributed by atoms with Gasteiger partial charge in [0.2, 0.25) is 0 Å². The van der Waals surface area contributed by atoms with E-state index in [2.05, 4.69) is 84.5 Å². The molecule has 0 aliphatic heterocycles. The Kier molecular flexibility index (Phi) is 4.65. The second-order valence-electron chi connectivity index (χ2n) is 5.22. The summed E-state index contributed by atoms with van der Waals surface area (Å²) in [4.78, 5) is 0. The molecular formula is C17H20BrN. The third-order valence-corrected chi connectivity index (χ3v) is 4.14. The van der Waals surface area contributed by atoms with Crippen LogP contribution >= 0.6 is 15.9 Å². The molecule has 0 unspecified atom stereocenters. The van der Waals surface area contributed by atoms with E-state index in [9.17, 15) is 0 Å². The Labute approximate surface area is 124 Å². The predicted octanol–water partition coefficient (Wildman–Crippen LogP) is 5.49. The highest BCUT2D eigenvalue weighted by Gasteiger charge is 2.01. The van der Waals surface area contributed by atoms with Crippen molar-refractivity contribution < 1.29 is 0 Å². The Balaban J connectivity index is 2.05. The number of aryl methyl sites for hydroxylation is 1. The molecule has 19 heavy (non-hydrogen) atoms. The van der Waals surface area contributed by atoms with Crippen molar-refractivity contribution in [2.45, 2.75) is 33.2 Å². The number of halogens is 1. The summed E-state index contributed by atoms with van der Waals surface area (Å²) >= 11 is 3.58. The van der Waals surface area contributed by atoms with Gasteiger partial charge in [-0.05, 0) is 47.7 Å². The Morgan fingerprint density at radius 3 is 2.58 bits per heavy atom. The number of hydrogen-bond acceptors (Lipinski definition) is 1. The van der Waals surface area contributed by atoms with Crippen LogP contribution in [0.5, 0.6) is 0 Å². The van der Waals surface area contributed by atoms with E-state index in [4.69, 9.17) is 0 Å². The Morgan fingerprint density at radius 1 is 1.11 bits per heavy atom. The van der Waals surface area contributed by atoms with E-state index in [0.29, 0.717) is 5.92 Å². The molecule has 2 aromatic carbocycles. The highest BCUT2D eigenvalue weighted by Crippen LogP contribution is 2.21.